The van der Waals surface area contributed by atoms with Gasteiger partial charge in [-0.1, -0.05) is 198 Å². The second kappa shape index (κ2) is 34.4. The number of allylic oxidation sites excluding steroid dienone is 8. The van der Waals surface area contributed by atoms with Crippen molar-refractivity contribution < 1.29 is 47.8 Å². The van der Waals surface area contributed by atoms with Crippen LogP contribution in [0.3, 0.4) is 0 Å². The minimum Gasteiger partial charge on any atom is -0.490 e. The van der Waals surface area contributed by atoms with E-state index in [1.165, 1.54) is 13.8 Å². The summed E-state index contributed by atoms with van der Waals surface area (Å²) in [6.45, 7) is 14.7. The van der Waals surface area contributed by atoms with Crippen molar-refractivity contribution in [3.05, 3.63) is 228 Å². The van der Waals surface area contributed by atoms with Crippen LogP contribution in [0.2, 0.25) is 0 Å². The highest BCUT2D eigenvalue weighted by atomic mass is 16.7. The number of fused-ring (bicyclic) bond motifs is 8. The van der Waals surface area contributed by atoms with Gasteiger partial charge in [-0.2, -0.15) is 0 Å². The van der Waals surface area contributed by atoms with Gasteiger partial charge in [0.1, 0.15) is 24.7 Å². The summed E-state index contributed by atoms with van der Waals surface area (Å²) < 4.78 is 29.7. The van der Waals surface area contributed by atoms with Crippen molar-refractivity contribution in [2.45, 2.75) is 112 Å². The SMILES string of the molecule is C#C/C=C\C=C/C/C(=N\OC(C)=O)c1ccc2c(c1)c1cc(C(=O)c3c(OCCOCCOCCOc4ccc5ccccc5c4C(=O)c4ccc5c(c4)c4cc(/C(=N/OC(C)=O)C6C=CC=C6)ccc4n5CC(CC)CCCC)ccc4ccccc34)ccc1n2CC(CC)CCCC. The Kier molecular flexibility index (Phi) is 24.3. The molecule has 14 heteroatoms. The molecule has 512 valence electrons. The van der Waals surface area contributed by atoms with Gasteiger partial charge in [-0.25, -0.2) is 9.59 Å². The van der Waals surface area contributed by atoms with Crippen molar-refractivity contribution in [2.24, 2.45) is 28.1 Å². The zero-order chi connectivity index (χ0) is 69.9. The number of terminal acetylenes is 1. The summed E-state index contributed by atoms with van der Waals surface area (Å²) >= 11 is 0. The van der Waals surface area contributed by atoms with Gasteiger partial charge in [0.25, 0.3) is 0 Å². The lowest BCUT2D eigenvalue weighted by atomic mass is 9.94. The Labute approximate surface area is 585 Å². The molecule has 0 spiro atoms. The van der Waals surface area contributed by atoms with E-state index in [4.69, 9.17) is 35.0 Å². The van der Waals surface area contributed by atoms with Crippen LogP contribution >= 0.6 is 0 Å². The van der Waals surface area contributed by atoms with E-state index in [9.17, 15) is 9.59 Å². The van der Waals surface area contributed by atoms with Gasteiger partial charge in [-0.3, -0.25) is 9.59 Å². The number of rotatable bonds is 35. The monoisotopic (exact) mass is 1340 g/mol. The average Bonchev–Trinajstić information content (AvgIpc) is 1.56. The molecule has 1 aliphatic carbocycles. The smallest absolute Gasteiger partial charge is 0.331 e. The van der Waals surface area contributed by atoms with Crippen LogP contribution in [0.1, 0.15) is 142 Å². The quantitative estimate of drug-likeness (QED) is 0.00712. The number of unbranched alkanes of at least 4 members (excludes halogenated alkanes) is 2. The summed E-state index contributed by atoms with van der Waals surface area (Å²) in [5.74, 6) is 2.77. The number of ketones is 2. The van der Waals surface area contributed by atoms with E-state index < -0.39 is 11.9 Å². The first-order valence-electron chi connectivity index (χ1n) is 35.2. The molecule has 2 unspecified atom stereocenters. The summed E-state index contributed by atoms with van der Waals surface area (Å²) in [4.78, 5) is 65.0. The summed E-state index contributed by atoms with van der Waals surface area (Å²) in [6.07, 6.45) is 29.7. The third-order valence-electron chi connectivity index (χ3n) is 18.8. The normalized spacial score (nSPS) is 13.4. The Bertz CT molecular complexity index is 4860. The zero-order valence-electron chi connectivity index (χ0n) is 58.2. The van der Waals surface area contributed by atoms with Crippen LogP contribution < -0.4 is 9.47 Å². The zero-order valence-corrected chi connectivity index (χ0v) is 58.2. The van der Waals surface area contributed by atoms with Crippen molar-refractivity contribution in [2.75, 3.05) is 39.6 Å². The summed E-state index contributed by atoms with van der Waals surface area (Å²) in [6, 6.07) is 47.8. The number of carbonyl (C=O) groups is 4. The van der Waals surface area contributed by atoms with Gasteiger partial charge < -0.3 is 37.8 Å². The second-order valence-electron chi connectivity index (χ2n) is 25.5. The molecule has 0 saturated carbocycles. The van der Waals surface area contributed by atoms with E-state index in [0.29, 0.717) is 63.4 Å². The highest BCUT2D eigenvalue weighted by Gasteiger charge is 2.26. The number of hydrogen-bond acceptors (Lipinski definition) is 12. The molecule has 10 aromatic rings. The number of carbonyl (C=O) groups excluding carboxylic acids is 4. The Morgan fingerprint density at radius 1 is 0.510 bits per heavy atom. The number of nitrogens with zero attached hydrogens (tertiary/aromatic N) is 4. The lowest BCUT2D eigenvalue weighted by Gasteiger charge is -2.18. The molecule has 2 atom stereocenters. The van der Waals surface area contributed by atoms with E-state index in [-0.39, 0.29) is 57.1 Å². The fourth-order valence-electron chi connectivity index (χ4n) is 13.5. The number of ether oxygens (including phenoxy) is 4. The van der Waals surface area contributed by atoms with Gasteiger partial charge in [0.05, 0.1) is 49.0 Å². The number of aromatic nitrogens is 2. The van der Waals surface area contributed by atoms with Crippen molar-refractivity contribution in [1.82, 2.24) is 9.13 Å². The first-order valence-corrected chi connectivity index (χ1v) is 35.2. The molecule has 0 amide bonds. The van der Waals surface area contributed by atoms with Crippen LogP contribution in [0, 0.1) is 30.1 Å². The first kappa shape index (κ1) is 70.8. The maximum Gasteiger partial charge on any atom is 0.331 e. The van der Waals surface area contributed by atoms with Gasteiger partial charge in [0.15, 0.2) is 11.6 Å². The summed E-state index contributed by atoms with van der Waals surface area (Å²) in [5.41, 5.74) is 8.87. The molecule has 14 nitrogen and oxygen atoms in total. The maximum atomic E-state index is 15.2. The third-order valence-corrected chi connectivity index (χ3v) is 18.8. The van der Waals surface area contributed by atoms with E-state index >= 15 is 9.59 Å². The lowest BCUT2D eigenvalue weighted by Crippen LogP contribution is -2.15. The molecule has 2 heterocycles. The van der Waals surface area contributed by atoms with Crippen molar-refractivity contribution in [1.29, 1.82) is 0 Å². The number of benzene rings is 8. The fraction of sp³-hybridized carbons (Fsp3) is 0.302. The lowest BCUT2D eigenvalue weighted by molar-refractivity contribution is -0.141. The Morgan fingerprint density at radius 2 is 0.950 bits per heavy atom. The highest BCUT2D eigenvalue weighted by molar-refractivity contribution is 6.23. The van der Waals surface area contributed by atoms with Crippen LogP contribution in [0.15, 0.2) is 205 Å². The molecule has 2 aromatic heterocycles. The van der Waals surface area contributed by atoms with Crippen molar-refractivity contribution >= 4 is 100 Å². The fourth-order valence-corrected chi connectivity index (χ4v) is 13.5. The molecule has 1 aliphatic rings. The molecule has 0 aliphatic heterocycles. The minimum atomic E-state index is -0.524. The number of oxime groups is 2. The van der Waals surface area contributed by atoms with Gasteiger partial charge in [0.2, 0.25) is 0 Å². The molecule has 0 saturated heterocycles. The Morgan fingerprint density at radius 3 is 1.42 bits per heavy atom. The van der Waals surface area contributed by atoms with Gasteiger partial charge in [-0.05, 0) is 125 Å². The van der Waals surface area contributed by atoms with E-state index in [1.807, 2.05) is 146 Å². The molecule has 0 N–H and O–H groups in total. The van der Waals surface area contributed by atoms with Gasteiger partial charge in [0, 0.05) is 105 Å². The van der Waals surface area contributed by atoms with E-state index in [0.717, 1.165) is 141 Å². The average molecular weight is 1340 g/mol. The largest absolute Gasteiger partial charge is 0.490 e. The molecule has 0 fully saturated rings. The maximum absolute atomic E-state index is 15.2. The van der Waals surface area contributed by atoms with Gasteiger partial charge >= 0.3 is 11.9 Å². The van der Waals surface area contributed by atoms with E-state index in [1.54, 1.807) is 12.2 Å². The van der Waals surface area contributed by atoms with Gasteiger partial charge in [-0.15, -0.1) is 6.42 Å². The topological polar surface area (TPSA) is 158 Å². The number of hydrogen-bond donors (Lipinski definition) is 0. The van der Waals surface area contributed by atoms with E-state index in [2.05, 4.69) is 89.5 Å². The molecular formula is C86H88N4O10. The molecule has 11 rings (SSSR count). The first-order chi connectivity index (χ1) is 48.9. The van der Waals surface area contributed by atoms with Crippen molar-refractivity contribution in [3.8, 4) is 23.8 Å². The predicted octanol–water partition coefficient (Wildman–Crippen LogP) is 19.0. The minimum absolute atomic E-state index is 0.166. The van der Waals surface area contributed by atoms with Crippen LogP contribution in [-0.4, -0.2) is 83.7 Å². The highest BCUT2D eigenvalue weighted by Crippen LogP contribution is 2.39. The van der Waals surface area contributed by atoms with Crippen LogP contribution in [-0.2, 0) is 41.8 Å². The Balaban J connectivity index is 0.773. The van der Waals surface area contributed by atoms with Crippen LogP contribution in [0.25, 0.3) is 65.2 Å². The molecule has 8 aromatic carbocycles. The second-order valence-corrected chi connectivity index (χ2v) is 25.5. The summed E-state index contributed by atoms with van der Waals surface area (Å²) in [5, 5.41) is 15.8. The third kappa shape index (κ3) is 16.6. The standard InChI is InChI=1S/C86H88N4O10/c1-8-13-16-17-18-33-75(87-99-58(6)91)65-34-40-76-71(52-65)73-54-67(36-42-78(73)89(76)56-60(11-4)25-14-9-2)85(93)82-69-31-23-21-27-62(69)38-44-80(82)97-50-48-95-46-47-96-49-51-98-81-45-39-63-28-22-24-32-70(63)83(81)86(94)68-37-43-79-74(55-68)72-53-66(84(88-100-59(7)92)64-29-19-20-30-64)35-41-77(72)90(79)57-61(12-5)26-15-10-3/h1,13,16-24,27-32,34-45,52-55,60-61,64H,9-12,14-15,25-26,33,46-51,56-57H2,2-7H3/b16-13-,18-17-,87-75+,88-84+. The summed E-state index contributed by atoms with van der Waals surface area (Å²) in [7, 11) is 0. The van der Waals surface area contributed by atoms with Crippen LogP contribution in [0.4, 0.5) is 0 Å². The molecule has 0 radical (unpaired) electrons. The van der Waals surface area contributed by atoms with Crippen molar-refractivity contribution in [3.63, 3.8) is 0 Å². The molecule has 100 heavy (non-hydrogen) atoms. The van der Waals surface area contributed by atoms with Crippen LogP contribution in [0.5, 0.6) is 11.5 Å². The molecular weight excluding hydrogens is 1250 g/mol. The predicted molar refractivity (Wildman–Crippen MR) is 403 cm³/mol. The Hall–Kier alpha value is -10.5. The molecule has 0 bridgehead atoms.